The van der Waals surface area contributed by atoms with E-state index in [1.165, 1.54) is 0 Å². The van der Waals surface area contributed by atoms with Crippen molar-refractivity contribution in [2.75, 3.05) is 6.54 Å². The lowest BCUT2D eigenvalue weighted by Crippen LogP contribution is -2.22. The van der Waals surface area contributed by atoms with E-state index in [1.807, 2.05) is 0 Å². The maximum atomic E-state index is 10.7. The molecule has 1 heterocycles. The van der Waals surface area contributed by atoms with Gasteiger partial charge in [0.05, 0.1) is 5.69 Å². The summed E-state index contributed by atoms with van der Waals surface area (Å²) >= 11 is 3.16. The Morgan fingerprint density at radius 1 is 1.69 bits per heavy atom. The number of nitrogens with zero attached hydrogens (tertiary/aromatic N) is 1. The van der Waals surface area contributed by atoms with Gasteiger partial charge in [0.25, 0.3) is 0 Å². The van der Waals surface area contributed by atoms with Crippen LogP contribution in [0.1, 0.15) is 11.6 Å². The number of pyridine rings is 1. The molecule has 1 unspecified atom stereocenters. The largest absolute Gasteiger partial charge is 0.481 e. The van der Waals surface area contributed by atoms with Crippen molar-refractivity contribution in [2.45, 2.75) is 5.92 Å². The molecule has 0 bridgehead atoms. The number of rotatable bonds is 3. The van der Waals surface area contributed by atoms with Crippen molar-refractivity contribution in [3.8, 4) is 0 Å². The molecule has 1 aromatic heterocycles. The van der Waals surface area contributed by atoms with E-state index in [0.29, 0.717) is 10.3 Å². The number of hydrogen-bond donors (Lipinski definition) is 2. The van der Waals surface area contributed by atoms with E-state index < -0.39 is 11.9 Å². The highest BCUT2D eigenvalue weighted by Crippen LogP contribution is 2.15. The summed E-state index contributed by atoms with van der Waals surface area (Å²) in [6, 6.07) is 5.12. The van der Waals surface area contributed by atoms with Crippen LogP contribution in [0.4, 0.5) is 0 Å². The van der Waals surface area contributed by atoms with Gasteiger partial charge in [-0.1, -0.05) is 6.07 Å². The molecule has 0 radical (unpaired) electrons. The average Bonchev–Trinajstić information content (AvgIpc) is 2.04. The van der Waals surface area contributed by atoms with Gasteiger partial charge in [-0.15, -0.1) is 0 Å². The van der Waals surface area contributed by atoms with Crippen LogP contribution in [-0.2, 0) is 4.79 Å². The van der Waals surface area contributed by atoms with Crippen LogP contribution in [0.2, 0.25) is 0 Å². The average molecular weight is 245 g/mol. The fourth-order valence-electron chi connectivity index (χ4n) is 0.966. The number of aliphatic carboxylic acids is 1. The summed E-state index contributed by atoms with van der Waals surface area (Å²) in [5, 5.41) is 8.78. The smallest absolute Gasteiger partial charge is 0.313 e. The van der Waals surface area contributed by atoms with Gasteiger partial charge in [0.15, 0.2) is 0 Å². The Morgan fingerprint density at radius 2 is 2.38 bits per heavy atom. The highest BCUT2D eigenvalue weighted by Gasteiger charge is 2.18. The van der Waals surface area contributed by atoms with Gasteiger partial charge >= 0.3 is 5.97 Å². The normalized spacial score (nSPS) is 12.5. The van der Waals surface area contributed by atoms with Crippen molar-refractivity contribution < 1.29 is 9.90 Å². The summed E-state index contributed by atoms with van der Waals surface area (Å²) in [6.07, 6.45) is 0. The standard InChI is InChI=1S/C8H9BrN2O2/c9-7-3-1-2-6(11-7)5(4-10)8(12)13/h1-3,5H,4,10H2,(H,12,13). The third kappa shape index (κ3) is 2.50. The van der Waals surface area contributed by atoms with Crippen molar-refractivity contribution in [1.82, 2.24) is 4.98 Å². The predicted octanol–water partition coefficient (Wildman–Crippen LogP) is 0.971. The van der Waals surface area contributed by atoms with Gasteiger partial charge in [-0.3, -0.25) is 4.79 Å². The molecule has 4 nitrogen and oxygen atoms in total. The molecule has 1 atom stereocenters. The third-order valence-electron chi connectivity index (χ3n) is 1.63. The molecule has 5 heteroatoms. The molecular weight excluding hydrogens is 236 g/mol. The Hall–Kier alpha value is -0.940. The summed E-state index contributed by atoms with van der Waals surface area (Å²) in [6.45, 7) is 0.0544. The van der Waals surface area contributed by atoms with Gasteiger partial charge in [0, 0.05) is 6.54 Å². The van der Waals surface area contributed by atoms with Crippen molar-refractivity contribution in [2.24, 2.45) is 5.73 Å². The van der Waals surface area contributed by atoms with Crippen LogP contribution in [0, 0.1) is 0 Å². The first-order valence-electron chi connectivity index (χ1n) is 3.70. The van der Waals surface area contributed by atoms with E-state index in [9.17, 15) is 4.79 Å². The molecule has 0 aromatic carbocycles. The third-order valence-corrected chi connectivity index (χ3v) is 2.07. The Labute approximate surface area is 83.9 Å². The van der Waals surface area contributed by atoms with Crippen LogP contribution in [-0.4, -0.2) is 22.6 Å². The molecule has 0 amide bonds. The highest BCUT2D eigenvalue weighted by molar-refractivity contribution is 9.10. The summed E-state index contributed by atoms with van der Waals surface area (Å²) in [5.74, 6) is -1.68. The number of halogens is 1. The highest BCUT2D eigenvalue weighted by atomic mass is 79.9. The minimum atomic E-state index is -0.951. The number of aromatic nitrogens is 1. The van der Waals surface area contributed by atoms with Crippen LogP contribution in [0.5, 0.6) is 0 Å². The predicted molar refractivity (Wildman–Crippen MR) is 51.4 cm³/mol. The van der Waals surface area contributed by atoms with E-state index in [1.54, 1.807) is 18.2 Å². The Morgan fingerprint density at radius 3 is 2.85 bits per heavy atom. The van der Waals surface area contributed by atoms with Gasteiger partial charge in [-0.25, -0.2) is 4.98 Å². The maximum Gasteiger partial charge on any atom is 0.313 e. The molecule has 3 N–H and O–H groups in total. The second-order valence-electron chi connectivity index (χ2n) is 2.51. The Bertz CT molecular complexity index is 317. The lowest BCUT2D eigenvalue weighted by Gasteiger charge is -2.08. The first-order chi connectivity index (χ1) is 6.15. The summed E-state index contributed by atoms with van der Waals surface area (Å²) in [4.78, 5) is 14.7. The quantitative estimate of drug-likeness (QED) is 0.778. The molecular formula is C8H9BrN2O2. The summed E-state index contributed by atoms with van der Waals surface area (Å²) in [5.41, 5.74) is 5.80. The van der Waals surface area contributed by atoms with Crippen LogP contribution < -0.4 is 5.73 Å². The first-order valence-corrected chi connectivity index (χ1v) is 4.49. The van der Waals surface area contributed by atoms with E-state index in [2.05, 4.69) is 20.9 Å². The van der Waals surface area contributed by atoms with Crippen molar-refractivity contribution in [3.05, 3.63) is 28.5 Å². The summed E-state index contributed by atoms with van der Waals surface area (Å²) < 4.78 is 0.615. The summed E-state index contributed by atoms with van der Waals surface area (Å²) in [7, 11) is 0. The molecule has 0 spiro atoms. The van der Waals surface area contributed by atoms with Crippen LogP contribution >= 0.6 is 15.9 Å². The minimum absolute atomic E-state index is 0.0544. The minimum Gasteiger partial charge on any atom is -0.481 e. The molecule has 1 aromatic rings. The zero-order chi connectivity index (χ0) is 9.84. The van der Waals surface area contributed by atoms with E-state index in [-0.39, 0.29) is 6.54 Å². The van der Waals surface area contributed by atoms with Crippen LogP contribution in [0.25, 0.3) is 0 Å². The molecule has 1 rings (SSSR count). The van der Waals surface area contributed by atoms with Crippen LogP contribution in [0.3, 0.4) is 0 Å². The monoisotopic (exact) mass is 244 g/mol. The van der Waals surface area contributed by atoms with Gasteiger partial charge in [0.1, 0.15) is 10.5 Å². The van der Waals surface area contributed by atoms with E-state index in [0.717, 1.165) is 0 Å². The number of nitrogens with two attached hydrogens (primary N) is 1. The Kier molecular flexibility index (Phi) is 3.39. The fraction of sp³-hybridized carbons (Fsp3) is 0.250. The van der Waals surface area contributed by atoms with Gasteiger partial charge in [-0.2, -0.15) is 0 Å². The number of hydrogen-bond acceptors (Lipinski definition) is 3. The molecule has 0 aliphatic rings. The first kappa shape index (κ1) is 10.1. The second-order valence-corrected chi connectivity index (χ2v) is 3.32. The van der Waals surface area contributed by atoms with Crippen molar-refractivity contribution >= 4 is 21.9 Å². The van der Waals surface area contributed by atoms with E-state index in [4.69, 9.17) is 10.8 Å². The lowest BCUT2D eigenvalue weighted by atomic mass is 10.1. The van der Waals surface area contributed by atoms with Gasteiger partial charge in [-0.05, 0) is 28.1 Å². The molecule has 0 saturated heterocycles. The zero-order valence-corrected chi connectivity index (χ0v) is 8.36. The number of carboxylic acid groups (broad SMARTS) is 1. The second kappa shape index (κ2) is 4.34. The lowest BCUT2D eigenvalue weighted by molar-refractivity contribution is -0.138. The molecule has 0 aliphatic heterocycles. The fourth-order valence-corrected chi connectivity index (χ4v) is 1.32. The molecule has 70 valence electrons. The molecule has 0 fully saturated rings. The number of carbonyl (C=O) groups is 1. The van der Waals surface area contributed by atoms with Gasteiger partial charge < -0.3 is 10.8 Å². The molecule has 0 saturated carbocycles. The zero-order valence-electron chi connectivity index (χ0n) is 6.77. The van der Waals surface area contributed by atoms with Gasteiger partial charge in [0.2, 0.25) is 0 Å². The van der Waals surface area contributed by atoms with Crippen LogP contribution in [0.15, 0.2) is 22.8 Å². The number of carboxylic acids is 1. The van der Waals surface area contributed by atoms with Crippen molar-refractivity contribution in [1.29, 1.82) is 0 Å². The maximum absolute atomic E-state index is 10.7. The Balaban J connectivity index is 2.98. The SMILES string of the molecule is NCC(C(=O)O)c1cccc(Br)n1. The van der Waals surface area contributed by atoms with Crippen molar-refractivity contribution in [3.63, 3.8) is 0 Å². The van der Waals surface area contributed by atoms with E-state index >= 15 is 0 Å². The molecule has 13 heavy (non-hydrogen) atoms. The topological polar surface area (TPSA) is 76.2 Å². The molecule has 0 aliphatic carbocycles.